The highest BCUT2D eigenvalue weighted by atomic mass is 31.2. The van der Waals surface area contributed by atoms with Gasteiger partial charge in [0.25, 0.3) is 0 Å². The number of unbranched alkanes of at least 4 members (excludes halogenated alkanes) is 22. The van der Waals surface area contributed by atoms with Gasteiger partial charge in [-0.15, -0.1) is 0 Å². The third kappa shape index (κ3) is 48.7. The summed E-state index contributed by atoms with van der Waals surface area (Å²) in [4.78, 5) is 35.0. The maximum atomic E-state index is 12.6. The Labute approximate surface area is 386 Å². The second-order valence-electron chi connectivity index (χ2n) is 16.7. The minimum atomic E-state index is -4.40. The summed E-state index contributed by atoms with van der Waals surface area (Å²) >= 11 is 0. The highest BCUT2D eigenvalue weighted by molar-refractivity contribution is 7.47. The van der Waals surface area contributed by atoms with E-state index in [0.717, 1.165) is 70.6 Å². The molecule has 0 aliphatic carbocycles. The van der Waals surface area contributed by atoms with Crippen molar-refractivity contribution in [1.29, 1.82) is 0 Å². The molecule has 364 valence electrons. The zero-order valence-corrected chi connectivity index (χ0v) is 41.2. The molecule has 0 saturated carbocycles. The number of hydrogen-bond donors (Lipinski definition) is 2. The van der Waals surface area contributed by atoms with Crippen LogP contribution in [0.2, 0.25) is 0 Å². The number of esters is 2. The van der Waals surface area contributed by atoms with Crippen LogP contribution in [0, 0.1) is 0 Å². The lowest BCUT2D eigenvalue weighted by Crippen LogP contribution is -2.29. The predicted octanol–water partition coefficient (Wildman–Crippen LogP) is 15.4. The summed E-state index contributed by atoms with van der Waals surface area (Å²) in [5.74, 6) is -0.867. The van der Waals surface area contributed by atoms with Gasteiger partial charge in [-0.25, -0.2) is 4.57 Å². The fourth-order valence-corrected chi connectivity index (χ4v) is 7.60. The number of ether oxygens (including phenoxy) is 2. The van der Waals surface area contributed by atoms with Crippen LogP contribution < -0.4 is 5.73 Å². The maximum Gasteiger partial charge on any atom is 0.472 e. The molecular weight excluding hydrogens is 810 g/mol. The molecule has 63 heavy (non-hydrogen) atoms. The molecular formula is C53H94NO8P. The first-order valence-corrected chi connectivity index (χ1v) is 26.9. The fourth-order valence-electron chi connectivity index (χ4n) is 6.83. The number of hydrogen-bond acceptors (Lipinski definition) is 8. The summed E-state index contributed by atoms with van der Waals surface area (Å²) in [6.07, 6.45) is 60.9. The normalized spacial score (nSPS) is 13.8. The van der Waals surface area contributed by atoms with E-state index >= 15 is 0 Å². The topological polar surface area (TPSA) is 134 Å². The standard InChI is InChI=1S/C53H94NO8P/c1-3-5-7-9-11-13-15-17-19-21-23-24-25-26-28-29-31-33-35-37-39-41-43-45-52(55)59-49-51(50-61-63(57,58)60-48-47-54)62-53(56)46-44-42-40-38-36-34-32-30-27-22-20-18-16-14-12-10-8-6-4-2/h6,8,12,14,18,20-21,23,27,30,34,36,51H,3-5,7,9-11,13,15-17,19,22,24-26,28-29,31-33,35,37-50,54H2,1-2H3,(H,57,58)/b8-6-,14-12-,20-18-,23-21-,30-27-,36-34-. The van der Waals surface area contributed by atoms with Crippen LogP contribution in [0.15, 0.2) is 72.9 Å². The summed E-state index contributed by atoms with van der Waals surface area (Å²) < 4.78 is 32.9. The Morgan fingerprint density at radius 3 is 1.33 bits per heavy atom. The highest BCUT2D eigenvalue weighted by Crippen LogP contribution is 2.43. The van der Waals surface area contributed by atoms with Gasteiger partial charge in [-0.05, 0) is 83.5 Å². The van der Waals surface area contributed by atoms with E-state index < -0.39 is 32.5 Å². The molecule has 9 nitrogen and oxygen atoms in total. The Bertz CT molecular complexity index is 1260. The molecule has 0 saturated heterocycles. The van der Waals surface area contributed by atoms with Crippen molar-refractivity contribution in [3.8, 4) is 0 Å². The van der Waals surface area contributed by atoms with Crippen LogP contribution in [-0.4, -0.2) is 49.3 Å². The van der Waals surface area contributed by atoms with Crippen molar-refractivity contribution in [3.63, 3.8) is 0 Å². The molecule has 10 heteroatoms. The van der Waals surface area contributed by atoms with Crippen molar-refractivity contribution in [1.82, 2.24) is 0 Å². The predicted molar refractivity (Wildman–Crippen MR) is 266 cm³/mol. The minimum absolute atomic E-state index is 0.0446. The molecule has 0 bridgehead atoms. The quantitative estimate of drug-likeness (QED) is 0.0265. The van der Waals surface area contributed by atoms with E-state index in [0.29, 0.717) is 6.42 Å². The second kappa shape index (κ2) is 48.9. The third-order valence-electron chi connectivity index (χ3n) is 10.6. The van der Waals surface area contributed by atoms with Crippen molar-refractivity contribution in [3.05, 3.63) is 72.9 Å². The number of nitrogens with two attached hydrogens (primary N) is 1. The molecule has 0 spiro atoms. The Kier molecular flexibility index (Phi) is 46.9. The second-order valence-corrected chi connectivity index (χ2v) is 18.1. The highest BCUT2D eigenvalue weighted by Gasteiger charge is 2.26. The van der Waals surface area contributed by atoms with E-state index in [1.807, 2.05) is 0 Å². The molecule has 0 fully saturated rings. The molecule has 0 radical (unpaired) electrons. The molecule has 0 aromatic carbocycles. The molecule has 0 heterocycles. The molecule has 3 N–H and O–H groups in total. The van der Waals surface area contributed by atoms with Crippen LogP contribution >= 0.6 is 7.82 Å². The Morgan fingerprint density at radius 2 is 0.873 bits per heavy atom. The maximum absolute atomic E-state index is 12.6. The number of phosphoric ester groups is 1. The molecule has 2 atom stereocenters. The summed E-state index contributed by atoms with van der Waals surface area (Å²) in [7, 11) is -4.40. The molecule has 0 amide bonds. The summed E-state index contributed by atoms with van der Waals surface area (Å²) in [5.41, 5.74) is 5.36. The Balaban J connectivity index is 4.10. The van der Waals surface area contributed by atoms with E-state index in [2.05, 4.69) is 86.8 Å². The lowest BCUT2D eigenvalue weighted by Gasteiger charge is -2.19. The lowest BCUT2D eigenvalue weighted by atomic mass is 10.0. The van der Waals surface area contributed by atoms with Crippen molar-refractivity contribution < 1.29 is 37.6 Å². The first-order chi connectivity index (χ1) is 30.8. The fraction of sp³-hybridized carbons (Fsp3) is 0.736. The van der Waals surface area contributed by atoms with Gasteiger partial charge in [-0.3, -0.25) is 18.6 Å². The summed E-state index contributed by atoms with van der Waals surface area (Å²) in [6.45, 7) is 3.59. The monoisotopic (exact) mass is 904 g/mol. The van der Waals surface area contributed by atoms with Crippen LogP contribution in [0.3, 0.4) is 0 Å². The molecule has 0 aromatic rings. The van der Waals surface area contributed by atoms with Gasteiger partial charge >= 0.3 is 19.8 Å². The summed E-state index contributed by atoms with van der Waals surface area (Å²) in [5, 5.41) is 0. The smallest absolute Gasteiger partial charge is 0.462 e. The van der Waals surface area contributed by atoms with Gasteiger partial charge in [0.05, 0.1) is 13.2 Å². The van der Waals surface area contributed by atoms with Crippen molar-refractivity contribution in [2.75, 3.05) is 26.4 Å². The SMILES string of the molecule is CC/C=C\C/C=C\C/C=C\C/C=C\C/C=C\CCCCCC(=O)OC(COC(=O)CCCCCCCCCCCCC/C=C\CCCCCCCCCC)COP(=O)(O)OCCN. The van der Waals surface area contributed by atoms with Crippen LogP contribution in [-0.2, 0) is 32.7 Å². The molecule has 0 aromatic heterocycles. The van der Waals surface area contributed by atoms with Gasteiger partial charge in [0.1, 0.15) is 6.61 Å². The van der Waals surface area contributed by atoms with Gasteiger partial charge in [0.2, 0.25) is 0 Å². The number of rotatable bonds is 47. The zero-order chi connectivity index (χ0) is 46.0. The van der Waals surface area contributed by atoms with E-state index in [1.54, 1.807) is 0 Å². The van der Waals surface area contributed by atoms with Gasteiger partial charge in [-0.1, -0.05) is 196 Å². The average Bonchev–Trinajstić information content (AvgIpc) is 3.27. The molecule has 0 aliphatic heterocycles. The number of carbonyl (C=O) groups is 2. The van der Waals surface area contributed by atoms with E-state index in [9.17, 15) is 19.0 Å². The third-order valence-corrected chi connectivity index (χ3v) is 11.6. The van der Waals surface area contributed by atoms with Crippen LogP contribution in [0.25, 0.3) is 0 Å². The lowest BCUT2D eigenvalue weighted by molar-refractivity contribution is -0.161. The van der Waals surface area contributed by atoms with Gasteiger partial charge in [0, 0.05) is 19.4 Å². The number of allylic oxidation sites excluding steroid dienone is 12. The van der Waals surface area contributed by atoms with E-state index in [4.69, 9.17) is 24.3 Å². The van der Waals surface area contributed by atoms with E-state index in [1.165, 1.54) is 116 Å². The molecule has 0 rings (SSSR count). The van der Waals surface area contributed by atoms with Crippen molar-refractivity contribution in [2.24, 2.45) is 5.73 Å². The zero-order valence-electron chi connectivity index (χ0n) is 40.3. The van der Waals surface area contributed by atoms with Gasteiger partial charge in [0.15, 0.2) is 6.10 Å². The van der Waals surface area contributed by atoms with Crippen molar-refractivity contribution >= 4 is 19.8 Å². The number of phosphoric acid groups is 1. The van der Waals surface area contributed by atoms with Crippen molar-refractivity contribution in [2.45, 2.75) is 225 Å². The van der Waals surface area contributed by atoms with Crippen LogP contribution in [0.5, 0.6) is 0 Å². The number of carbonyl (C=O) groups excluding carboxylic acids is 2. The first-order valence-electron chi connectivity index (χ1n) is 25.4. The van der Waals surface area contributed by atoms with Crippen LogP contribution in [0.4, 0.5) is 0 Å². The van der Waals surface area contributed by atoms with Gasteiger partial charge in [-0.2, -0.15) is 0 Å². The molecule has 0 aliphatic rings. The van der Waals surface area contributed by atoms with Crippen LogP contribution in [0.1, 0.15) is 219 Å². The average molecular weight is 904 g/mol. The Hall–Kier alpha value is -2.55. The van der Waals surface area contributed by atoms with E-state index in [-0.39, 0.29) is 32.6 Å². The first kappa shape index (κ1) is 60.5. The minimum Gasteiger partial charge on any atom is -0.462 e. The Morgan fingerprint density at radius 1 is 0.492 bits per heavy atom. The molecule has 2 unspecified atom stereocenters. The summed E-state index contributed by atoms with van der Waals surface area (Å²) in [6, 6.07) is 0. The van der Waals surface area contributed by atoms with Gasteiger partial charge < -0.3 is 20.1 Å². The largest absolute Gasteiger partial charge is 0.472 e.